The predicted octanol–water partition coefficient (Wildman–Crippen LogP) is 4.67. The van der Waals surface area contributed by atoms with Crippen LogP contribution in [-0.2, 0) is 0 Å². The fourth-order valence-electron chi connectivity index (χ4n) is 2.56. The predicted molar refractivity (Wildman–Crippen MR) is 91.9 cm³/mol. The number of rotatable bonds is 2. The van der Waals surface area contributed by atoms with E-state index in [4.69, 9.17) is 11.6 Å². The summed E-state index contributed by atoms with van der Waals surface area (Å²) >= 11 is 6.19. The van der Waals surface area contributed by atoms with Crippen molar-refractivity contribution in [1.82, 2.24) is 9.97 Å². The average molecular weight is 319 g/mol. The molecule has 0 bridgehead atoms. The van der Waals surface area contributed by atoms with Gasteiger partial charge in [-0.25, -0.2) is 9.97 Å². The minimum atomic E-state index is -0.0337. The molecule has 0 fully saturated rings. The maximum Gasteiger partial charge on any atom is 0.193 e. The highest BCUT2D eigenvalue weighted by atomic mass is 35.5. The third-order valence-electron chi connectivity index (χ3n) is 3.71. The van der Waals surface area contributed by atoms with Crippen LogP contribution in [0, 0.1) is 0 Å². The molecule has 0 atom stereocenters. The Labute approximate surface area is 137 Å². The zero-order valence-corrected chi connectivity index (χ0v) is 12.8. The molecular weight excluding hydrogens is 308 g/mol. The summed E-state index contributed by atoms with van der Waals surface area (Å²) in [4.78, 5) is 21.7. The van der Waals surface area contributed by atoms with Crippen molar-refractivity contribution in [3.8, 4) is 0 Å². The van der Waals surface area contributed by atoms with Crippen molar-refractivity contribution >= 4 is 39.5 Å². The molecule has 4 heteroatoms. The van der Waals surface area contributed by atoms with Crippen LogP contribution in [0.2, 0.25) is 5.02 Å². The SMILES string of the molecule is O=C(c1ccccc1)c1ccc2nc3cccc(Cl)c3nc2c1. The number of ketones is 1. The molecule has 3 aromatic carbocycles. The summed E-state index contributed by atoms with van der Waals surface area (Å²) in [6.07, 6.45) is 0. The van der Waals surface area contributed by atoms with Crippen LogP contribution in [0.1, 0.15) is 15.9 Å². The van der Waals surface area contributed by atoms with Crippen LogP contribution < -0.4 is 0 Å². The third kappa shape index (κ3) is 2.45. The summed E-state index contributed by atoms with van der Waals surface area (Å²) in [5.74, 6) is -0.0337. The largest absolute Gasteiger partial charge is 0.289 e. The first-order valence-corrected chi connectivity index (χ1v) is 7.56. The number of hydrogen-bond acceptors (Lipinski definition) is 3. The molecule has 4 rings (SSSR count). The Hall–Kier alpha value is -2.78. The molecule has 110 valence electrons. The molecule has 4 aromatic rings. The van der Waals surface area contributed by atoms with Crippen molar-refractivity contribution in [2.45, 2.75) is 0 Å². The zero-order chi connectivity index (χ0) is 15.8. The summed E-state index contributed by atoms with van der Waals surface area (Å²) < 4.78 is 0. The van der Waals surface area contributed by atoms with Gasteiger partial charge in [0.15, 0.2) is 5.78 Å². The van der Waals surface area contributed by atoms with E-state index in [9.17, 15) is 4.79 Å². The quantitative estimate of drug-likeness (QED) is 0.398. The van der Waals surface area contributed by atoms with E-state index >= 15 is 0 Å². The molecule has 1 heterocycles. The first-order valence-electron chi connectivity index (χ1n) is 7.18. The number of aromatic nitrogens is 2. The van der Waals surface area contributed by atoms with Gasteiger partial charge < -0.3 is 0 Å². The number of hydrogen-bond donors (Lipinski definition) is 0. The van der Waals surface area contributed by atoms with Crippen molar-refractivity contribution < 1.29 is 4.79 Å². The Bertz CT molecular complexity index is 1050. The molecule has 0 N–H and O–H groups in total. The average Bonchev–Trinajstić information content (AvgIpc) is 2.60. The van der Waals surface area contributed by atoms with E-state index in [1.165, 1.54) is 0 Å². The highest BCUT2D eigenvalue weighted by molar-refractivity contribution is 6.35. The van der Waals surface area contributed by atoms with Crippen LogP contribution in [0.5, 0.6) is 0 Å². The fourth-order valence-corrected chi connectivity index (χ4v) is 2.77. The normalized spacial score (nSPS) is 11.0. The highest BCUT2D eigenvalue weighted by Gasteiger charge is 2.11. The van der Waals surface area contributed by atoms with E-state index in [1.807, 2.05) is 36.4 Å². The van der Waals surface area contributed by atoms with Gasteiger partial charge in [-0.15, -0.1) is 0 Å². The molecule has 0 unspecified atom stereocenters. The van der Waals surface area contributed by atoms with Gasteiger partial charge in [-0.05, 0) is 30.3 Å². The highest BCUT2D eigenvalue weighted by Crippen LogP contribution is 2.23. The van der Waals surface area contributed by atoms with E-state index in [-0.39, 0.29) is 5.78 Å². The Balaban J connectivity index is 1.89. The minimum Gasteiger partial charge on any atom is -0.289 e. The van der Waals surface area contributed by atoms with Gasteiger partial charge in [0, 0.05) is 11.1 Å². The standard InChI is InChI=1S/C19H11ClN2O/c20-14-7-4-8-16-18(14)22-17-11-13(9-10-15(17)21-16)19(23)12-5-2-1-3-6-12/h1-11H. The first kappa shape index (κ1) is 13.9. The Morgan fingerprint density at radius 2 is 1.57 bits per heavy atom. The molecule has 0 aliphatic carbocycles. The second kappa shape index (κ2) is 5.45. The summed E-state index contributed by atoms with van der Waals surface area (Å²) in [7, 11) is 0. The second-order valence-corrected chi connectivity index (χ2v) is 5.64. The summed E-state index contributed by atoms with van der Waals surface area (Å²) in [6, 6.07) is 20.0. The van der Waals surface area contributed by atoms with E-state index < -0.39 is 0 Å². The van der Waals surface area contributed by atoms with Crippen molar-refractivity contribution in [2.75, 3.05) is 0 Å². The van der Waals surface area contributed by atoms with Gasteiger partial charge in [-0.3, -0.25) is 4.79 Å². The van der Waals surface area contributed by atoms with Crippen LogP contribution in [0.4, 0.5) is 0 Å². The second-order valence-electron chi connectivity index (χ2n) is 5.23. The zero-order valence-electron chi connectivity index (χ0n) is 12.0. The van der Waals surface area contributed by atoms with Gasteiger partial charge in [0.1, 0.15) is 5.52 Å². The number of carbonyl (C=O) groups is 1. The maximum absolute atomic E-state index is 12.5. The van der Waals surface area contributed by atoms with E-state index in [0.29, 0.717) is 27.2 Å². The molecule has 1 aromatic heterocycles. The van der Waals surface area contributed by atoms with Crippen LogP contribution in [0.15, 0.2) is 66.7 Å². The smallest absolute Gasteiger partial charge is 0.193 e. The molecule has 0 saturated carbocycles. The summed E-state index contributed by atoms with van der Waals surface area (Å²) in [5.41, 5.74) is 4.03. The van der Waals surface area contributed by atoms with Crippen LogP contribution in [0.3, 0.4) is 0 Å². The van der Waals surface area contributed by atoms with Crippen molar-refractivity contribution in [3.63, 3.8) is 0 Å². The van der Waals surface area contributed by atoms with Crippen molar-refractivity contribution in [3.05, 3.63) is 82.9 Å². The van der Waals surface area contributed by atoms with E-state index in [1.54, 1.807) is 30.3 Å². The molecule has 0 aliphatic heterocycles. The minimum absolute atomic E-state index is 0.0337. The number of carbonyl (C=O) groups excluding carboxylic acids is 1. The number of fused-ring (bicyclic) bond motifs is 2. The molecule has 0 radical (unpaired) electrons. The van der Waals surface area contributed by atoms with Gasteiger partial charge in [0.25, 0.3) is 0 Å². The summed E-state index contributed by atoms with van der Waals surface area (Å²) in [5, 5.41) is 0.552. The first-order chi connectivity index (χ1) is 11.2. The van der Waals surface area contributed by atoms with Gasteiger partial charge in [-0.2, -0.15) is 0 Å². The number of halogens is 1. The monoisotopic (exact) mass is 318 g/mol. The van der Waals surface area contributed by atoms with E-state index in [0.717, 1.165) is 11.0 Å². The lowest BCUT2D eigenvalue weighted by Crippen LogP contribution is -2.01. The maximum atomic E-state index is 12.5. The van der Waals surface area contributed by atoms with Crippen molar-refractivity contribution in [2.24, 2.45) is 0 Å². The molecule has 0 aliphatic rings. The number of benzene rings is 3. The van der Waals surface area contributed by atoms with Crippen LogP contribution >= 0.6 is 11.6 Å². The van der Waals surface area contributed by atoms with Gasteiger partial charge >= 0.3 is 0 Å². The van der Waals surface area contributed by atoms with Gasteiger partial charge in [0.05, 0.1) is 21.6 Å². The van der Waals surface area contributed by atoms with Gasteiger partial charge in [0.2, 0.25) is 0 Å². The topological polar surface area (TPSA) is 42.9 Å². The molecule has 0 amide bonds. The lowest BCUT2D eigenvalue weighted by Gasteiger charge is -2.05. The molecule has 0 saturated heterocycles. The molecule has 0 spiro atoms. The lowest BCUT2D eigenvalue weighted by molar-refractivity contribution is 0.103. The van der Waals surface area contributed by atoms with E-state index in [2.05, 4.69) is 9.97 Å². The fraction of sp³-hybridized carbons (Fsp3) is 0. The third-order valence-corrected chi connectivity index (χ3v) is 4.02. The van der Waals surface area contributed by atoms with Gasteiger partial charge in [-0.1, -0.05) is 48.0 Å². The Morgan fingerprint density at radius 1 is 0.739 bits per heavy atom. The van der Waals surface area contributed by atoms with Crippen LogP contribution in [-0.4, -0.2) is 15.8 Å². The summed E-state index contributed by atoms with van der Waals surface area (Å²) in [6.45, 7) is 0. The Morgan fingerprint density at radius 3 is 2.39 bits per heavy atom. The lowest BCUT2D eigenvalue weighted by atomic mass is 10.0. The van der Waals surface area contributed by atoms with Crippen molar-refractivity contribution in [1.29, 1.82) is 0 Å². The Kier molecular flexibility index (Phi) is 3.28. The molecule has 3 nitrogen and oxygen atoms in total. The molecular formula is C19H11ClN2O. The number of nitrogens with zero attached hydrogens (tertiary/aromatic N) is 2. The molecule has 23 heavy (non-hydrogen) atoms. The number of para-hydroxylation sites is 1. The van der Waals surface area contributed by atoms with Crippen LogP contribution in [0.25, 0.3) is 22.1 Å².